The highest BCUT2D eigenvalue weighted by molar-refractivity contribution is 9.09. The van der Waals surface area contributed by atoms with Crippen LogP contribution in [-0.2, 0) is 29.3 Å². The van der Waals surface area contributed by atoms with Crippen molar-refractivity contribution in [2.45, 2.75) is 58.4 Å². The fourth-order valence-electron chi connectivity index (χ4n) is 2.88. The molecule has 1 unspecified atom stereocenters. The van der Waals surface area contributed by atoms with Gasteiger partial charge in [-0.1, -0.05) is 29.8 Å². The normalized spacial score (nSPS) is 25.1. The largest absolute Gasteiger partial charge is 0.359 e. The number of rotatable bonds is 3. The van der Waals surface area contributed by atoms with E-state index in [0.717, 1.165) is 36.4 Å². The summed E-state index contributed by atoms with van der Waals surface area (Å²) in [5.41, 5.74) is 1.73. The van der Waals surface area contributed by atoms with Gasteiger partial charge in [0, 0.05) is 6.42 Å². The summed E-state index contributed by atoms with van der Waals surface area (Å²) in [6, 6.07) is 0. The van der Waals surface area contributed by atoms with Crippen LogP contribution in [0.15, 0.2) is 6.33 Å². The van der Waals surface area contributed by atoms with Crippen molar-refractivity contribution in [3.05, 3.63) is 17.7 Å². The lowest BCUT2D eigenvalue weighted by molar-refractivity contribution is -0.115. The lowest BCUT2D eigenvalue weighted by Gasteiger charge is -2.21. The van der Waals surface area contributed by atoms with Gasteiger partial charge in [0.25, 0.3) is 0 Å². The van der Waals surface area contributed by atoms with Gasteiger partial charge in [-0.15, -0.1) is 0 Å². The minimum atomic E-state index is -0.321. The number of fused-ring (bicyclic) bond motifs is 1. The average molecular weight is 421 g/mol. The number of aromatic nitrogens is 2. The first kappa shape index (κ1) is 20.8. The Hall–Kier alpha value is -0.510. The second kappa shape index (κ2) is 9.99. The number of ether oxygens (including phenoxy) is 5. The lowest BCUT2D eigenvalue weighted by Crippen LogP contribution is -2.19. The monoisotopic (exact) mass is 420 g/mol. The van der Waals surface area contributed by atoms with Crippen LogP contribution in [0.4, 0.5) is 0 Å². The zero-order valence-corrected chi connectivity index (χ0v) is 17.0. The van der Waals surface area contributed by atoms with Gasteiger partial charge in [-0.25, -0.2) is 4.98 Å². The molecular weight excluding hydrogens is 392 g/mol. The van der Waals surface area contributed by atoms with Gasteiger partial charge in [-0.2, -0.15) is 0 Å². The van der Waals surface area contributed by atoms with Crippen LogP contribution in [0.2, 0.25) is 0 Å². The molecule has 144 valence electrons. The van der Waals surface area contributed by atoms with Gasteiger partial charge in [0.2, 0.25) is 0 Å². The molecule has 25 heavy (non-hydrogen) atoms. The minimum Gasteiger partial charge on any atom is -0.359 e. The zero-order chi connectivity index (χ0) is 18.3. The van der Waals surface area contributed by atoms with Crippen LogP contribution in [0.1, 0.15) is 51.6 Å². The molecule has 0 spiro atoms. The molecule has 0 aliphatic carbocycles. The SMILES string of the molecule is BrCC1OCCO1.CC.CC1(C)OC(CC2OCCO2)c2[nH]cnc21. The van der Waals surface area contributed by atoms with Crippen molar-refractivity contribution < 1.29 is 23.7 Å². The van der Waals surface area contributed by atoms with E-state index in [-0.39, 0.29) is 24.3 Å². The molecule has 0 amide bonds. The second-order valence-electron chi connectivity index (χ2n) is 6.01. The lowest BCUT2D eigenvalue weighted by atomic mass is 10.1. The van der Waals surface area contributed by atoms with Crippen LogP contribution in [0.3, 0.4) is 0 Å². The van der Waals surface area contributed by atoms with Crippen LogP contribution in [0.5, 0.6) is 0 Å². The van der Waals surface area contributed by atoms with Gasteiger partial charge < -0.3 is 28.7 Å². The molecule has 1 N–H and O–H groups in total. The van der Waals surface area contributed by atoms with Gasteiger partial charge in [0.15, 0.2) is 12.6 Å². The van der Waals surface area contributed by atoms with Crippen LogP contribution in [0, 0.1) is 0 Å². The predicted octanol–water partition coefficient (Wildman–Crippen LogP) is 3.26. The van der Waals surface area contributed by atoms with Crippen LogP contribution >= 0.6 is 15.9 Å². The molecule has 3 aliphatic rings. The number of hydrogen-bond acceptors (Lipinski definition) is 6. The molecule has 3 aliphatic heterocycles. The maximum atomic E-state index is 5.97. The van der Waals surface area contributed by atoms with E-state index in [1.165, 1.54) is 0 Å². The smallest absolute Gasteiger partial charge is 0.167 e. The highest BCUT2D eigenvalue weighted by Crippen LogP contribution is 2.43. The van der Waals surface area contributed by atoms with Crippen molar-refractivity contribution in [1.29, 1.82) is 0 Å². The summed E-state index contributed by atoms with van der Waals surface area (Å²) in [5.74, 6) is 0. The zero-order valence-electron chi connectivity index (χ0n) is 15.4. The summed E-state index contributed by atoms with van der Waals surface area (Å²) in [7, 11) is 0. The molecule has 0 aromatic carbocycles. The van der Waals surface area contributed by atoms with Crippen LogP contribution in [0.25, 0.3) is 0 Å². The average Bonchev–Trinajstić information content (AvgIpc) is 3.38. The van der Waals surface area contributed by atoms with E-state index in [1.807, 2.05) is 27.7 Å². The number of alkyl halides is 1. The molecule has 1 atom stereocenters. The third-order valence-electron chi connectivity index (χ3n) is 3.91. The van der Waals surface area contributed by atoms with Crippen molar-refractivity contribution in [3.8, 4) is 0 Å². The van der Waals surface area contributed by atoms with Gasteiger partial charge in [0.1, 0.15) is 11.7 Å². The minimum absolute atomic E-state index is 0.00407. The van der Waals surface area contributed by atoms with Gasteiger partial charge >= 0.3 is 0 Å². The van der Waals surface area contributed by atoms with E-state index in [2.05, 4.69) is 25.9 Å². The predicted molar refractivity (Wildman–Crippen MR) is 96.6 cm³/mol. The number of imidazole rings is 1. The molecule has 8 heteroatoms. The number of H-pyrrole nitrogens is 1. The maximum Gasteiger partial charge on any atom is 0.167 e. The molecule has 2 saturated heterocycles. The standard InChI is InChI=1S/C11H16N2O3.C4H7BrO2.C2H6/c1-11(2)10-9(12-6-13-10)7(16-11)5-8-14-3-4-15-8;5-3-4-6-1-2-7-4;1-2/h6-8H,3-5H2,1-2H3,(H,12,13);4H,1-3H2;1-2H3. The number of nitrogens with one attached hydrogen (secondary N) is 1. The highest BCUT2D eigenvalue weighted by atomic mass is 79.9. The molecule has 0 radical (unpaired) electrons. The Kier molecular flexibility index (Phi) is 8.31. The molecule has 2 fully saturated rings. The van der Waals surface area contributed by atoms with E-state index >= 15 is 0 Å². The van der Waals surface area contributed by atoms with E-state index in [4.69, 9.17) is 23.7 Å². The van der Waals surface area contributed by atoms with Crippen LogP contribution in [-0.4, -0.2) is 54.3 Å². The molecule has 7 nitrogen and oxygen atoms in total. The fourth-order valence-corrected chi connectivity index (χ4v) is 3.25. The van der Waals surface area contributed by atoms with Crippen molar-refractivity contribution in [2.24, 2.45) is 0 Å². The van der Waals surface area contributed by atoms with E-state index in [9.17, 15) is 0 Å². The first-order valence-electron chi connectivity index (χ1n) is 8.84. The Morgan fingerprint density at radius 3 is 2.16 bits per heavy atom. The Balaban J connectivity index is 0.000000211. The van der Waals surface area contributed by atoms with Crippen molar-refractivity contribution in [1.82, 2.24) is 9.97 Å². The molecule has 1 aromatic heterocycles. The highest BCUT2D eigenvalue weighted by Gasteiger charge is 2.41. The molecule has 4 heterocycles. The first-order chi connectivity index (χ1) is 12.1. The van der Waals surface area contributed by atoms with Crippen molar-refractivity contribution in [3.63, 3.8) is 0 Å². The van der Waals surface area contributed by atoms with Crippen molar-refractivity contribution >= 4 is 15.9 Å². The summed E-state index contributed by atoms with van der Waals surface area (Å²) in [5, 5.41) is 0.785. The number of nitrogens with zero attached hydrogens (tertiary/aromatic N) is 1. The third-order valence-corrected chi connectivity index (χ3v) is 4.44. The number of halogens is 1. The summed E-state index contributed by atoms with van der Waals surface area (Å²) in [4.78, 5) is 7.46. The Bertz CT molecular complexity index is 499. The summed E-state index contributed by atoms with van der Waals surface area (Å²) < 4.78 is 26.9. The summed E-state index contributed by atoms with van der Waals surface area (Å²) in [6.07, 6.45) is 2.31. The van der Waals surface area contributed by atoms with Gasteiger partial charge in [-0.3, -0.25) is 0 Å². The Morgan fingerprint density at radius 1 is 1.08 bits per heavy atom. The molecular formula is C17H29BrN2O5. The van der Waals surface area contributed by atoms with Gasteiger partial charge in [0.05, 0.1) is 49.5 Å². The molecule has 0 bridgehead atoms. The topological polar surface area (TPSA) is 74.8 Å². The quantitative estimate of drug-likeness (QED) is 0.756. The summed E-state index contributed by atoms with van der Waals surface area (Å²) >= 11 is 3.23. The van der Waals surface area contributed by atoms with Crippen LogP contribution < -0.4 is 0 Å². The molecule has 4 rings (SSSR count). The number of aromatic amines is 1. The molecule has 1 aromatic rings. The maximum absolute atomic E-state index is 5.97. The second-order valence-corrected chi connectivity index (χ2v) is 6.66. The molecule has 0 saturated carbocycles. The Labute approximate surface area is 157 Å². The van der Waals surface area contributed by atoms with E-state index < -0.39 is 0 Å². The number of hydrogen-bond donors (Lipinski definition) is 1. The van der Waals surface area contributed by atoms with E-state index in [1.54, 1.807) is 6.33 Å². The Morgan fingerprint density at radius 2 is 1.64 bits per heavy atom. The fraction of sp³-hybridized carbons (Fsp3) is 0.824. The first-order valence-corrected chi connectivity index (χ1v) is 9.96. The van der Waals surface area contributed by atoms with Crippen molar-refractivity contribution in [2.75, 3.05) is 31.8 Å². The van der Waals surface area contributed by atoms with Gasteiger partial charge in [-0.05, 0) is 13.8 Å². The summed E-state index contributed by atoms with van der Waals surface area (Å²) in [6.45, 7) is 10.9. The van der Waals surface area contributed by atoms with E-state index in [0.29, 0.717) is 13.2 Å². The third kappa shape index (κ3) is 5.48.